The Morgan fingerprint density at radius 3 is 2.17 bits per heavy atom. The Hall–Kier alpha value is -3.34. The summed E-state index contributed by atoms with van der Waals surface area (Å²) in [6.07, 6.45) is -1.08. The molecule has 0 spiro atoms. The smallest absolute Gasteiger partial charge is 0.430 e. The third-order valence-electron chi connectivity index (χ3n) is 8.42. The van der Waals surface area contributed by atoms with E-state index in [4.69, 9.17) is 4.74 Å². The fourth-order valence-electron chi connectivity index (χ4n) is 5.92. The van der Waals surface area contributed by atoms with Crippen LogP contribution in [0.25, 0.3) is 0 Å². The third kappa shape index (κ3) is 6.45. The van der Waals surface area contributed by atoms with Crippen molar-refractivity contribution in [1.29, 1.82) is 0 Å². The molecule has 8 nitrogen and oxygen atoms in total. The predicted octanol–water partition coefficient (Wildman–Crippen LogP) is 4.40. The number of alkyl halides is 3. The number of rotatable bonds is 7. The van der Waals surface area contributed by atoms with Crippen LogP contribution in [0.5, 0.6) is 5.75 Å². The van der Waals surface area contributed by atoms with Gasteiger partial charge in [-0.1, -0.05) is 12.1 Å². The average molecular weight is 577 g/mol. The molecule has 4 rings (SSSR count). The number of hydrogen-bond donors (Lipinski definition) is 1. The number of pyridine rings is 1. The Balaban J connectivity index is 1.31. The van der Waals surface area contributed by atoms with Gasteiger partial charge in [0, 0.05) is 45.8 Å². The second-order valence-electron chi connectivity index (χ2n) is 11.3. The molecule has 1 atom stereocenters. The number of benzene rings is 1. The second kappa shape index (κ2) is 12.3. The van der Waals surface area contributed by atoms with Crippen LogP contribution in [0.1, 0.15) is 53.7 Å². The lowest BCUT2D eigenvalue weighted by atomic mass is 9.82. The summed E-state index contributed by atoms with van der Waals surface area (Å²) in [6.45, 7) is 3.87. The first-order chi connectivity index (χ1) is 19.3. The largest absolute Gasteiger partial charge is 0.497 e. The van der Waals surface area contributed by atoms with Gasteiger partial charge < -0.3 is 24.5 Å². The fourth-order valence-corrected chi connectivity index (χ4v) is 5.92. The van der Waals surface area contributed by atoms with E-state index in [2.05, 4.69) is 9.88 Å². The van der Waals surface area contributed by atoms with E-state index in [9.17, 15) is 27.9 Å². The molecule has 224 valence electrons. The van der Waals surface area contributed by atoms with Crippen LogP contribution in [0.4, 0.5) is 19.0 Å². The molecule has 0 saturated carbocycles. The number of aliphatic hydroxyl groups is 1. The van der Waals surface area contributed by atoms with E-state index in [0.717, 1.165) is 55.2 Å². The van der Waals surface area contributed by atoms with Crippen LogP contribution in [0.15, 0.2) is 36.4 Å². The van der Waals surface area contributed by atoms with Gasteiger partial charge in [-0.05, 0) is 75.1 Å². The zero-order chi connectivity index (χ0) is 29.9. The first-order valence-corrected chi connectivity index (χ1v) is 14.0. The molecule has 0 bridgehead atoms. The minimum absolute atomic E-state index is 0.0728. The Labute approximate surface area is 239 Å². The topological polar surface area (TPSA) is 86.2 Å². The number of nitrogens with zero attached hydrogens (tertiary/aromatic N) is 4. The van der Waals surface area contributed by atoms with Crippen LogP contribution < -0.4 is 9.64 Å². The summed E-state index contributed by atoms with van der Waals surface area (Å²) >= 11 is 0. The van der Waals surface area contributed by atoms with Crippen molar-refractivity contribution in [2.24, 2.45) is 11.8 Å². The lowest BCUT2D eigenvalue weighted by Gasteiger charge is -2.40. The summed E-state index contributed by atoms with van der Waals surface area (Å²) in [5.74, 6) is 0.366. The molecule has 11 heteroatoms. The molecule has 1 aromatic heterocycles. The van der Waals surface area contributed by atoms with E-state index < -0.39 is 23.2 Å². The SMILES string of the molecule is COc1cccc(C(O)(C(=O)N2CCC(CC3CCN(c4ccc(C(=O)N(C)C)c(C)n4)CC3)CC2)C(F)(F)F)c1. The molecule has 1 N–H and O–H groups in total. The molecule has 2 aromatic rings. The molecular weight excluding hydrogens is 537 g/mol. The molecule has 0 aliphatic carbocycles. The molecule has 41 heavy (non-hydrogen) atoms. The van der Waals surface area contributed by atoms with Crippen LogP contribution in [0.2, 0.25) is 0 Å². The van der Waals surface area contributed by atoms with Gasteiger partial charge in [0.2, 0.25) is 0 Å². The van der Waals surface area contributed by atoms with E-state index in [-0.39, 0.29) is 24.7 Å². The molecule has 2 amide bonds. The molecule has 2 fully saturated rings. The summed E-state index contributed by atoms with van der Waals surface area (Å²) in [5, 5.41) is 10.8. The lowest BCUT2D eigenvalue weighted by molar-refractivity contribution is -0.262. The van der Waals surface area contributed by atoms with Gasteiger partial charge in [0.05, 0.1) is 18.4 Å². The highest BCUT2D eigenvalue weighted by molar-refractivity contribution is 5.95. The van der Waals surface area contributed by atoms with Crippen LogP contribution >= 0.6 is 0 Å². The van der Waals surface area contributed by atoms with Gasteiger partial charge in [-0.25, -0.2) is 4.98 Å². The lowest BCUT2D eigenvalue weighted by Crippen LogP contribution is -2.57. The molecular formula is C30H39F3N4O4. The van der Waals surface area contributed by atoms with E-state index in [1.165, 1.54) is 24.1 Å². The first-order valence-electron chi connectivity index (χ1n) is 14.0. The molecule has 2 aliphatic rings. The van der Waals surface area contributed by atoms with E-state index in [1.54, 1.807) is 14.1 Å². The highest BCUT2D eigenvalue weighted by Gasteiger charge is 2.62. The van der Waals surface area contributed by atoms with Crippen molar-refractivity contribution in [1.82, 2.24) is 14.8 Å². The normalized spacial score (nSPS) is 18.6. The number of hydrogen-bond acceptors (Lipinski definition) is 6. The quantitative estimate of drug-likeness (QED) is 0.526. The number of anilines is 1. The summed E-state index contributed by atoms with van der Waals surface area (Å²) in [4.78, 5) is 35.0. The van der Waals surface area contributed by atoms with Crippen LogP contribution in [-0.4, -0.2) is 85.3 Å². The minimum Gasteiger partial charge on any atom is -0.497 e. The number of aromatic nitrogens is 1. The molecule has 2 saturated heterocycles. The molecule has 3 heterocycles. The monoisotopic (exact) mass is 576 g/mol. The van der Waals surface area contributed by atoms with Gasteiger partial charge in [-0.3, -0.25) is 9.59 Å². The summed E-state index contributed by atoms with van der Waals surface area (Å²) in [7, 11) is 4.74. The number of amides is 2. The summed E-state index contributed by atoms with van der Waals surface area (Å²) in [5.41, 5.74) is -2.89. The van der Waals surface area contributed by atoms with Crippen LogP contribution in [0.3, 0.4) is 0 Å². The van der Waals surface area contributed by atoms with Crippen molar-refractivity contribution in [2.75, 3.05) is 52.3 Å². The maximum atomic E-state index is 14.1. The minimum atomic E-state index is -5.18. The van der Waals surface area contributed by atoms with Crippen molar-refractivity contribution >= 4 is 17.6 Å². The zero-order valence-electron chi connectivity index (χ0n) is 24.1. The van der Waals surface area contributed by atoms with Crippen molar-refractivity contribution in [2.45, 2.75) is 50.8 Å². The number of piperidine rings is 2. The highest BCUT2D eigenvalue weighted by atomic mass is 19.4. The van der Waals surface area contributed by atoms with Crippen molar-refractivity contribution in [3.05, 3.63) is 53.2 Å². The maximum Gasteiger partial charge on any atom is 0.430 e. The second-order valence-corrected chi connectivity index (χ2v) is 11.3. The fraction of sp³-hybridized carbons (Fsp3) is 0.567. The van der Waals surface area contributed by atoms with Gasteiger partial charge in [-0.2, -0.15) is 13.2 Å². The van der Waals surface area contributed by atoms with Crippen LogP contribution in [-0.2, 0) is 10.4 Å². The summed E-state index contributed by atoms with van der Waals surface area (Å²) in [6, 6.07) is 8.66. The maximum absolute atomic E-state index is 14.1. The Bertz CT molecular complexity index is 1240. The Kier molecular flexibility index (Phi) is 9.16. The zero-order valence-corrected chi connectivity index (χ0v) is 24.1. The Morgan fingerprint density at radius 1 is 1.02 bits per heavy atom. The Morgan fingerprint density at radius 2 is 1.63 bits per heavy atom. The number of carbonyl (C=O) groups excluding carboxylic acids is 2. The molecule has 1 unspecified atom stereocenters. The van der Waals surface area contributed by atoms with Gasteiger partial charge in [0.1, 0.15) is 11.6 Å². The number of methoxy groups -OCH3 is 1. The standard InChI is InChI=1S/C30H39F3N4O4/c1-20-25(27(38)35(2)3)8-9-26(34-20)36-14-10-21(11-15-36)18-22-12-16-37(17-13-22)28(39)29(40,30(31,32)33)23-6-5-7-24(19-23)41-4/h5-9,19,21-22,40H,10-18H2,1-4H3. The number of halogens is 3. The van der Waals surface area contributed by atoms with Gasteiger partial charge in [0.25, 0.3) is 17.4 Å². The number of carbonyl (C=O) groups is 2. The van der Waals surface area contributed by atoms with Gasteiger partial charge in [0.15, 0.2) is 0 Å². The van der Waals surface area contributed by atoms with E-state index in [1.807, 2.05) is 19.1 Å². The number of aryl methyl sites for hydroxylation is 1. The highest BCUT2D eigenvalue weighted by Crippen LogP contribution is 2.42. The molecule has 1 aromatic carbocycles. The number of ether oxygens (including phenoxy) is 1. The average Bonchev–Trinajstić information content (AvgIpc) is 2.96. The number of likely N-dealkylation sites (tertiary alicyclic amines) is 1. The van der Waals surface area contributed by atoms with Crippen LogP contribution in [0, 0.1) is 18.8 Å². The van der Waals surface area contributed by atoms with Crippen molar-refractivity contribution in [3.63, 3.8) is 0 Å². The molecule has 0 radical (unpaired) electrons. The predicted molar refractivity (Wildman–Crippen MR) is 149 cm³/mol. The first kappa shape index (κ1) is 30.6. The van der Waals surface area contributed by atoms with E-state index >= 15 is 0 Å². The summed E-state index contributed by atoms with van der Waals surface area (Å²) < 4.78 is 47.4. The van der Waals surface area contributed by atoms with Gasteiger partial charge in [-0.15, -0.1) is 0 Å². The van der Waals surface area contributed by atoms with Crippen molar-refractivity contribution in [3.8, 4) is 5.75 Å². The molecule has 2 aliphatic heterocycles. The van der Waals surface area contributed by atoms with Gasteiger partial charge >= 0.3 is 6.18 Å². The van der Waals surface area contributed by atoms with E-state index in [0.29, 0.717) is 35.9 Å². The van der Waals surface area contributed by atoms with Crippen molar-refractivity contribution < 1.29 is 32.6 Å². The third-order valence-corrected chi connectivity index (χ3v) is 8.42.